The number of nitrogens with one attached hydrogen (secondary N) is 1. The number of carbonyl (C=O) groups excluding carboxylic acids is 1. The molecule has 8 heteroatoms. The summed E-state index contributed by atoms with van der Waals surface area (Å²) in [4.78, 5) is 28.1. The molecule has 0 bridgehead atoms. The summed E-state index contributed by atoms with van der Waals surface area (Å²) >= 11 is 1.80. The summed E-state index contributed by atoms with van der Waals surface area (Å²) in [6.07, 6.45) is 0.797. The van der Waals surface area contributed by atoms with Crippen molar-refractivity contribution in [2.24, 2.45) is 0 Å². The van der Waals surface area contributed by atoms with E-state index in [-0.39, 0.29) is 29.4 Å². The molecule has 2 aliphatic rings. The smallest absolute Gasteiger partial charge is 0.254 e. The van der Waals surface area contributed by atoms with Crippen molar-refractivity contribution in [3.63, 3.8) is 0 Å². The Morgan fingerprint density at radius 3 is 2.88 bits per heavy atom. The van der Waals surface area contributed by atoms with Crippen LogP contribution in [0.15, 0.2) is 35.1 Å². The van der Waals surface area contributed by atoms with Crippen LogP contribution in [0.1, 0.15) is 27.6 Å². The number of rotatable bonds is 2. The number of hydrogen-bond donors (Lipinski definition) is 2. The molecule has 1 amide bonds. The standard InChI is InChI=1S/C18H18N2O5S/c21-16-8-12(9-17(22)19-16)18(23)20-4-3-15(26-6-5-20)11-1-2-13-14(7-11)25-10-24-13/h1-2,7-9,15H,3-6,10H2,(H2,19,21,22). The van der Waals surface area contributed by atoms with Crippen LogP contribution in [0.25, 0.3) is 0 Å². The number of aromatic nitrogens is 1. The van der Waals surface area contributed by atoms with E-state index < -0.39 is 5.56 Å². The van der Waals surface area contributed by atoms with Gasteiger partial charge >= 0.3 is 0 Å². The minimum atomic E-state index is -0.490. The molecule has 2 aliphatic heterocycles. The molecule has 0 radical (unpaired) electrons. The molecule has 4 rings (SSSR count). The second-order valence-electron chi connectivity index (χ2n) is 6.17. The average molecular weight is 374 g/mol. The van der Waals surface area contributed by atoms with Gasteiger partial charge in [-0.05, 0) is 24.1 Å². The molecule has 26 heavy (non-hydrogen) atoms. The highest BCUT2D eigenvalue weighted by molar-refractivity contribution is 7.99. The summed E-state index contributed by atoms with van der Waals surface area (Å²) in [6, 6.07) is 8.47. The first-order valence-electron chi connectivity index (χ1n) is 8.34. The number of pyridine rings is 1. The number of nitrogens with zero attached hydrogens (tertiary/aromatic N) is 1. The van der Waals surface area contributed by atoms with Gasteiger partial charge in [0, 0.05) is 36.2 Å². The van der Waals surface area contributed by atoms with Crippen LogP contribution in [0.2, 0.25) is 0 Å². The Morgan fingerprint density at radius 2 is 2.04 bits per heavy atom. The number of ether oxygens (including phenoxy) is 2. The second kappa shape index (κ2) is 6.95. The van der Waals surface area contributed by atoms with Gasteiger partial charge in [0.25, 0.3) is 11.5 Å². The van der Waals surface area contributed by atoms with Crippen molar-refractivity contribution in [2.75, 3.05) is 25.6 Å². The van der Waals surface area contributed by atoms with E-state index in [1.54, 1.807) is 16.7 Å². The Balaban J connectivity index is 1.48. The number of benzene rings is 1. The van der Waals surface area contributed by atoms with Crippen LogP contribution in [0.4, 0.5) is 0 Å². The van der Waals surface area contributed by atoms with E-state index in [0.717, 1.165) is 29.2 Å². The lowest BCUT2D eigenvalue weighted by Crippen LogP contribution is -2.33. The summed E-state index contributed by atoms with van der Waals surface area (Å²) in [5.41, 5.74) is 0.871. The van der Waals surface area contributed by atoms with Crippen molar-refractivity contribution in [2.45, 2.75) is 11.7 Å². The minimum absolute atomic E-state index is 0.206. The van der Waals surface area contributed by atoms with Gasteiger partial charge in [0.15, 0.2) is 17.4 Å². The van der Waals surface area contributed by atoms with Crippen LogP contribution >= 0.6 is 11.8 Å². The van der Waals surface area contributed by atoms with Crippen molar-refractivity contribution in [3.05, 3.63) is 51.8 Å². The summed E-state index contributed by atoms with van der Waals surface area (Å²) < 4.78 is 10.8. The zero-order valence-electron chi connectivity index (χ0n) is 13.9. The zero-order chi connectivity index (χ0) is 18.1. The molecule has 0 saturated carbocycles. The van der Waals surface area contributed by atoms with Crippen molar-refractivity contribution >= 4 is 17.7 Å². The van der Waals surface area contributed by atoms with Crippen LogP contribution in [-0.2, 0) is 0 Å². The quantitative estimate of drug-likeness (QED) is 0.837. The van der Waals surface area contributed by atoms with Gasteiger partial charge in [0.1, 0.15) is 0 Å². The van der Waals surface area contributed by atoms with Crippen molar-refractivity contribution in [1.82, 2.24) is 9.88 Å². The highest BCUT2D eigenvalue weighted by atomic mass is 32.2. The van der Waals surface area contributed by atoms with Gasteiger partial charge in [-0.3, -0.25) is 14.6 Å². The first-order chi connectivity index (χ1) is 12.6. The number of amides is 1. The molecule has 0 aliphatic carbocycles. The molecule has 1 aromatic heterocycles. The number of thioether (sulfide) groups is 1. The SMILES string of the molecule is O=C(c1cc(O)[nH]c(=O)c1)N1CCSC(c2ccc3c(c2)OCO3)CC1. The van der Waals surface area contributed by atoms with Crippen LogP contribution in [0.3, 0.4) is 0 Å². The topological polar surface area (TPSA) is 91.9 Å². The van der Waals surface area contributed by atoms with Gasteiger partial charge in [0.05, 0.1) is 5.56 Å². The van der Waals surface area contributed by atoms with Crippen molar-refractivity contribution in [3.8, 4) is 17.4 Å². The summed E-state index contributed by atoms with van der Waals surface area (Å²) in [7, 11) is 0. The molecule has 1 saturated heterocycles. The van der Waals surface area contributed by atoms with E-state index in [0.29, 0.717) is 13.1 Å². The van der Waals surface area contributed by atoms with Crippen LogP contribution in [0, 0.1) is 0 Å². The molecule has 3 heterocycles. The minimum Gasteiger partial charge on any atom is -0.494 e. The zero-order valence-corrected chi connectivity index (χ0v) is 14.8. The maximum absolute atomic E-state index is 12.7. The molecule has 0 spiro atoms. The number of aromatic hydroxyl groups is 1. The lowest BCUT2D eigenvalue weighted by molar-refractivity contribution is 0.0765. The molecule has 1 unspecified atom stereocenters. The van der Waals surface area contributed by atoms with Crippen molar-refractivity contribution < 1.29 is 19.4 Å². The van der Waals surface area contributed by atoms with E-state index >= 15 is 0 Å². The van der Waals surface area contributed by atoms with E-state index in [2.05, 4.69) is 4.98 Å². The first kappa shape index (κ1) is 16.8. The summed E-state index contributed by atoms with van der Waals surface area (Å²) in [5.74, 6) is 1.78. The third-order valence-corrected chi connectivity index (χ3v) is 5.80. The fraction of sp³-hybridized carbons (Fsp3) is 0.333. The highest BCUT2D eigenvalue weighted by Crippen LogP contribution is 2.40. The fourth-order valence-electron chi connectivity index (χ4n) is 3.19. The predicted octanol–water partition coefficient (Wildman–Crippen LogP) is 2.13. The number of aromatic amines is 1. The third kappa shape index (κ3) is 3.37. The van der Waals surface area contributed by atoms with Gasteiger partial charge in [-0.2, -0.15) is 11.8 Å². The van der Waals surface area contributed by atoms with E-state index in [1.165, 1.54) is 12.1 Å². The van der Waals surface area contributed by atoms with Crippen molar-refractivity contribution in [1.29, 1.82) is 0 Å². The molecule has 1 aromatic carbocycles. The maximum Gasteiger partial charge on any atom is 0.254 e. The first-order valence-corrected chi connectivity index (χ1v) is 9.39. The Labute approximate surface area is 153 Å². The van der Waals surface area contributed by atoms with Crippen LogP contribution < -0.4 is 15.0 Å². The monoisotopic (exact) mass is 374 g/mol. The summed E-state index contributed by atoms with van der Waals surface area (Å²) in [5, 5.41) is 9.77. The number of fused-ring (bicyclic) bond motifs is 1. The van der Waals surface area contributed by atoms with E-state index in [4.69, 9.17) is 9.47 Å². The average Bonchev–Trinajstić information content (AvgIpc) is 2.95. The number of carbonyl (C=O) groups is 1. The van der Waals surface area contributed by atoms with Gasteiger partial charge in [-0.15, -0.1) is 0 Å². The van der Waals surface area contributed by atoms with Gasteiger partial charge in [0.2, 0.25) is 6.79 Å². The molecule has 2 aromatic rings. The summed E-state index contributed by atoms with van der Waals surface area (Å²) in [6.45, 7) is 1.43. The maximum atomic E-state index is 12.7. The van der Waals surface area contributed by atoms with Gasteiger partial charge in [-0.25, -0.2) is 0 Å². The Morgan fingerprint density at radius 1 is 1.19 bits per heavy atom. The largest absolute Gasteiger partial charge is 0.494 e. The van der Waals surface area contributed by atoms with Crippen LogP contribution in [0.5, 0.6) is 17.4 Å². The lowest BCUT2D eigenvalue weighted by atomic mass is 10.1. The molecule has 1 atom stereocenters. The fourth-order valence-corrected chi connectivity index (χ4v) is 4.41. The Kier molecular flexibility index (Phi) is 4.50. The lowest BCUT2D eigenvalue weighted by Gasteiger charge is -2.20. The van der Waals surface area contributed by atoms with E-state index in [9.17, 15) is 14.7 Å². The van der Waals surface area contributed by atoms with E-state index in [1.807, 2.05) is 18.2 Å². The molecular weight excluding hydrogens is 356 g/mol. The molecular formula is C18H18N2O5S. The van der Waals surface area contributed by atoms with Gasteiger partial charge in [-0.1, -0.05) is 6.07 Å². The number of hydrogen-bond acceptors (Lipinski definition) is 6. The van der Waals surface area contributed by atoms with Crippen LogP contribution in [-0.4, -0.2) is 46.5 Å². The molecule has 1 fully saturated rings. The third-order valence-electron chi connectivity index (χ3n) is 4.47. The second-order valence-corrected chi connectivity index (χ2v) is 7.48. The number of H-pyrrole nitrogens is 1. The molecule has 7 nitrogen and oxygen atoms in total. The Bertz CT molecular complexity index is 897. The van der Waals surface area contributed by atoms with Gasteiger partial charge < -0.3 is 19.5 Å². The molecule has 2 N–H and O–H groups in total. The normalized spacial score (nSPS) is 19.2. The Hall–Kier alpha value is -2.61. The highest BCUT2D eigenvalue weighted by Gasteiger charge is 2.25. The predicted molar refractivity (Wildman–Crippen MR) is 97.0 cm³/mol. The molecule has 136 valence electrons.